The molecule has 0 aliphatic heterocycles. The van der Waals surface area contributed by atoms with E-state index in [1.807, 2.05) is 82.5 Å². The van der Waals surface area contributed by atoms with Crippen molar-refractivity contribution in [3.8, 4) is 0 Å². The van der Waals surface area contributed by atoms with E-state index in [1.54, 1.807) is 6.07 Å². The molecule has 10 heteroatoms. The van der Waals surface area contributed by atoms with E-state index in [9.17, 15) is 19.0 Å². The van der Waals surface area contributed by atoms with Gasteiger partial charge in [-0.15, -0.1) is 0 Å². The highest BCUT2D eigenvalue weighted by molar-refractivity contribution is 9.10. The van der Waals surface area contributed by atoms with E-state index in [4.69, 9.17) is 9.97 Å². The van der Waals surface area contributed by atoms with Gasteiger partial charge in [0.05, 0.1) is 11.0 Å². The van der Waals surface area contributed by atoms with Crippen LogP contribution in [0.3, 0.4) is 0 Å². The van der Waals surface area contributed by atoms with Gasteiger partial charge in [0.1, 0.15) is 22.8 Å². The van der Waals surface area contributed by atoms with Gasteiger partial charge in [0, 0.05) is 61.4 Å². The number of aryl methyl sites for hydroxylation is 2. The SMILES string of the molecule is Cc1nc2c(C(O)(CCN(C)C)c3cc(F)cc(F)c3)cc(Br)cc2cc1Cc1ccccc1.Cc1nc2c(C(O)(CCN(C)C)c3cccc4ccccc34)cc(Br)cc2cc1CC1=CC=CC1C. The number of aromatic nitrogens is 2. The molecule has 2 aromatic heterocycles. The normalized spacial score (nSPS) is 15.4. The molecule has 0 amide bonds. The Morgan fingerprint density at radius 2 is 1.11 bits per heavy atom. The molecular weight excluding hydrogens is 1010 g/mol. The smallest absolute Gasteiger partial charge is 0.126 e. The van der Waals surface area contributed by atoms with E-state index in [-0.39, 0.29) is 12.0 Å². The number of benzene rings is 6. The molecule has 70 heavy (non-hydrogen) atoms. The Morgan fingerprint density at radius 3 is 1.69 bits per heavy atom. The summed E-state index contributed by atoms with van der Waals surface area (Å²) in [7, 11) is 7.88. The first-order valence-corrected chi connectivity index (χ1v) is 25.3. The standard InChI is InChI=1S/C32H33BrN2O.C28H27BrF2N2O/c1-21-9-7-12-24(21)17-25-18-26-19-27(33)20-30(31(26)34-22(25)2)32(36,15-16-35(3)4)29-14-8-11-23-10-5-6-13-28(23)29;1-18-20(11-19-7-5-4-6-8-19)12-21-13-23(29)16-26(27(21)32-18)28(34,9-10-33(2)3)22-14-24(30)17-25(31)15-22/h5-14,18-21,36H,15-17H2,1-4H3;4-8,12-17,34H,9-11H2,1-3H3. The number of pyridine rings is 2. The quantitative estimate of drug-likeness (QED) is 0.113. The third-order valence-electron chi connectivity index (χ3n) is 13.6. The maximum absolute atomic E-state index is 14.2. The Bertz CT molecular complexity index is 3240. The summed E-state index contributed by atoms with van der Waals surface area (Å²) in [6.45, 7) is 7.52. The average Bonchev–Trinajstić information content (AvgIpc) is 3.73. The second kappa shape index (κ2) is 21.5. The summed E-state index contributed by atoms with van der Waals surface area (Å²) in [6, 6.07) is 40.1. The van der Waals surface area contributed by atoms with Crippen molar-refractivity contribution in [2.45, 2.75) is 57.7 Å². The van der Waals surface area contributed by atoms with Crippen LogP contribution in [0.5, 0.6) is 0 Å². The van der Waals surface area contributed by atoms with Crippen LogP contribution in [-0.4, -0.2) is 71.3 Å². The van der Waals surface area contributed by atoms with E-state index in [0.29, 0.717) is 30.0 Å². The van der Waals surface area contributed by atoms with Crippen LogP contribution < -0.4 is 0 Å². The Morgan fingerprint density at radius 1 is 0.586 bits per heavy atom. The molecule has 2 N–H and O–H groups in total. The van der Waals surface area contributed by atoms with Gasteiger partial charge < -0.3 is 20.0 Å². The molecular formula is C60H60Br2F2N4O2. The first-order valence-electron chi connectivity index (χ1n) is 23.7. The lowest BCUT2D eigenvalue weighted by atomic mass is 9.80. The summed E-state index contributed by atoms with van der Waals surface area (Å²) >= 11 is 7.32. The Labute approximate surface area is 427 Å². The molecule has 0 bridgehead atoms. The van der Waals surface area contributed by atoms with Crippen molar-refractivity contribution in [3.05, 3.63) is 222 Å². The molecule has 6 aromatic carbocycles. The van der Waals surface area contributed by atoms with Gasteiger partial charge in [-0.3, -0.25) is 9.97 Å². The van der Waals surface area contributed by atoms with Gasteiger partial charge in [-0.2, -0.15) is 0 Å². The second-order valence-corrected chi connectivity index (χ2v) is 21.1. The average molecular weight is 1070 g/mol. The van der Waals surface area contributed by atoms with E-state index >= 15 is 0 Å². The number of fused-ring (bicyclic) bond motifs is 3. The fraction of sp³-hybridized carbons (Fsp3) is 0.267. The number of nitrogens with zero attached hydrogens (tertiary/aromatic N) is 4. The van der Waals surface area contributed by atoms with Crippen LogP contribution in [-0.2, 0) is 24.0 Å². The highest BCUT2D eigenvalue weighted by Gasteiger charge is 2.37. The zero-order valence-corrected chi connectivity index (χ0v) is 44.0. The summed E-state index contributed by atoms with van der Waals surface area (Å²) in [5.74, 6) is -1.00. The molecule has 8 aromatic rings. The summed E-state index contributed by atoms with van der Waals surface area (Å²) < 4.78 is 30.1. The minimum Gasteiger partial charge on any atom is -0.380 e. The zero-order valence-electron chi connectivity index (χ0n) is 40.9. The molecule has 0 saturated carbocycles. The van der Waals surface area contributed by atoms with Crippen LogP contribution in [0, 0.1) is 31.4 Å². The Hall–Kier alpha value is -5.46. The Balaban J connectivity index is 0.000000189. The molecule has 9 rings (SSSR count). The number of rotatable bonds is 14. The fourth-order valence-corrected chi connectivity index (χ4v) is 10.6. The number of halogens is 4. The van der Waals surface area contributed by atoms with E-state index < -0.39 is 22.8 Å². The van der Waals surface area contributed by atoms with Gasteiger partial charge >= 0.3 is 0 Å². The van der Waals surface area contributed by atoms with Gasteiger partial charge in [-0.25, -0.2) is 8.78 Å². The lowest BCUT2D eigenvalue weighted by Crippen LogP contribution is -2.32. The minimum absolute atomic E-state index is 0.166. The first-order chi connectivity index (χ1) is 33.4. The summed E-state index contributed by atoms with van der Waals surface area (Å²) in [5, 5.41) is 28.8. The van der Waals surface area contributed by atoms with Crippen molar-refractivity contribution in [2.24, 2.45) is 5.92 Å². The topological polar surface area (TPSA) is 72.7 Å². The Kier molecular flexibility index (Phi) is 15.6. The van der Waals surface area contributed by atoms with Gasteiger partial charge in [0.2, 0.25) is 0 Å². The van der Waals surface area contributed by atoms with Crippen molar-refractivity contribution in [2.75, 3.05) is 41.3 Å². The monoisotopic (exact) mass is 1060 g/mol. The summed E-state index contributed by atoms with van der Waals surface area (Å²) in [5.41, 5.74) is 7.83. The zero-order chi connectivity index (χ0) is 49.9. The molecule has 0 saturated heterocycles. The predicted octanol–water partition coefficient (Wildman–Crippen LogP) is 13.7. The minimum atomic E-state index is -1.64. The third-order valence-corrected chi connectivity index (χ3v) is 14.5. The number of hydrogen-bond acceptors (Lipinski definition) is 6. The van der Waals surface area contributed by atoms with Crippen molar-refractivity contribution >= 4 is 64.4 Å². The lowest BCUT2D eigenvalue weighted by Gasteiger charge is -2.33. The van der Waals surface area contributed by atoms with Gasteiger partial charge in [0.15, 0.2) is 0 Å². The van der Waals surface area contributed by atoms with Gasteiger partial charge in [0.25, 0.3) is 0 Å². The highest BCUT2D eigenvalue weighted by Crippen LogP contribution is 2.43. The molecule has 360 valence electrons. The van der Waals surface area contributed by atoms with E-state index in [1.165, 1.54) is 28.8 Å². The molecule has 3 unspecified atom stereocenters. The molecule has 1 aliphatic rings. The predicted molar refractivity (Wildman–Crippen MR) is 290 cm³/mol. The second-order valence-electron chi connectivity index (χ2n) is 19.3. The van der Waals surface area contributed by atoms with Gasteiger partial charge in [-0.05, 0) is 161 Å². The van der Waals surface area contributed by atoms with Crippen molar-refractivity contribution < 1.29 is 19.0 Å². The maximum Gasteiger partial charge on any atom is 0.126 e. The van der Waals surface area contributed by atoms with Gasteiger partial charge in [-0.1, -0.05) is 135 Å². The van der Waals surface area contributed by atoms with Crippen molar-refractivity contribution in [3.63, 3.8) is 0 Å². The van der Waals surface area contributed by atoms with E-state index in [0.717, 1.165) is 89.5 Å². The molecule has 6 nitrogen and oxygen atoms in total. The van der Waals surface area contributed by atoms with Crippen LogP contribution in [0.25, 0.3) is 32.6 Å². The maximum atomic E-state index is 14.2. The van der Waals surface area contributed by atoms with Crippen LogP contribution in [0.4, 0.5) is 8.78 Å². The molecule has 0 spiro atoms. The fourth-order valence-electron chi connectivity index (χ4n) is 9.64. The molecule has 0 fully saturated rings. The summed E-state index contributed by atoms with van der Waals surface area (Å²) in [6.07, 6.45) is 9.02. The number of hydrogen-bond donors (Lipinski definition) is 2. The summed E-state index contributed by atoms with van der Waals surface area (Å²) in [4.78, 5) is 14.1. The third kappa shape index (κ3) is 11.2. The molecule has 2 heterocycles. The highest BCUT2D eigenvalue weighted by atomic mass is 79.9. The van der Waals surface area contributed by atoms with Crippen molar-refractivity contribution in [1.82, 2.24) is 19.8 Å². The largest absolute Gasteiger partial charge is 0.380 e. The first kappa shape index (κ1) is 50.9. The van der Waals surface area contributed by atoms with Crippen LogP contribution in [0.2, 0.25) is 0 Å². The van der Waals surface area contributed by atoms with Crippen LogP contribution >= 0.6 is 31.9 Å². The van der Waals surface area contributed by atoms with Crippen LogP contribution in [0.1, 0.15) is 70.1 Å². The van der Waals surface area contributed by atoms with Crippen LogP contribution in [0.15, 0.2) is 160 Å². The van der Waals surface area contributed by atoms with E-state index in [2.05, 4.69) is 129 Å². The molecule has 1 aliphatic carbocycles. The number of allylic oxidation sites excluding steroid dienone is 4. The number of aliphatic hydroxyl groups is 2. The van der Waals surface area contributed by atoms with Crippen molar-refractivity contribution in [1.29, 1.82) is 0 Å². The molecule has 3 atom stereocenters. The lowest BCUT2D eigenvalue weighted by molar-refractivity contribution is 0.0634. The molecule has 0 radical (unpaired) electrons.